The van der Waals surface area contributed by atoms with Crippen molar-refractivity contribution in [2.75, 3.05) is 24.6 Å². The highest BCUT2D eigenvalue weighted by atomic mass is 19.1. The SMILES string of the molecule is C[C@H]1COc2c(N3CC(N)C(C)(C)C3)c(F)cc3c(=O)c(C(=O)O)cn1c23. The second kappa shape index (κ2) is 5.69. The first-order valence-corrected chi connectivity index (χ1v) is 8.90. The van der Waals surface area contributed by atoms with E-state index in [-0.39, 0.29) is 46.5 Å². The molecule has 1 saturated heterocycles. The summed E-state index contributed by atoms with van der Waals surface area (Å²) in [5.41, 5.74) is 5.65. The molecular formula is C19H22FN3O4. The maximum absolute atomic E-state index is 15.1. The third-order valence-electron chi connectivity index (χ3n) is 5.71. The zero-order chi connectivity index (χ0) is 19.7. The van der Waals surface area contributed by atoms with Crippen molar-refractivity contribution in [2.24, 2.45) is 11.1 Å². The molecule has 2 atom stereocenters. The van der Waals surface area contributed by atoms with E-state index >= 15 is 4.39 Å². The standard InChI is InChI=1S/C19H22FN3O4/c1-9-7-27-17-14-10(16(24)11(18(25)26)5-23(9)14)4-12(20)15(17)22-6-13(21)19(2,3)8-22/h4-5,9,13H,6-8,21H2,1-3H3,(H,25,26)/t9-,13?/m0/s1. The van der Waals surface area contributed by atoms with E-state index in [1.165, 1.54) is 6.20 Å². The summed E-state index contributed by atoms with van der Waals surface area (Å²) in [6.07, 6.45) is 1.32. The highest BCUT2D eigenvalue weighted by molar-refractivity contribution is 5.97. The van der Waals surface area contributed by atoms with Crippen LogP contribution in [0.5, 0.6) is 5.75 Å². The first-order valence-electron chi connectivity index (χ1n) is 8.90. The van der Waals surface area contributed by atoms with Gasteiger partial charge in [-0.05, 0) is 18.4 Å². The van der Waals surface area contributed by atoms with Gasteiger partial charge in [0, 0.05) is 25.3 Å². The van der Waals surface area contributed by atoms with Crippen molar-refractivity contribution in [1.29, 1.82) is 0 Å². The Balaban J connectivity index is 2.03. The van der Waals surface area contributed by atoms with Gasteiger partial charge in [-0.2, -0.15) is 0 Å². The van der Waals surface area contributed by atoms with Crippen molar-refractivity contribution in [3.8, 4) is 5.75 Å². The van der Waals surface area contributed by atoms with Crippen LogP contribution in [0.2, 0.25) is 0 Å². The zero-order valence-corrected chi connectivity index (χ0v) is 15.5. The number of pyridine rings is 1. The van der Waals surface area contributed by atoms with Crippen LogP contribution in [-0.2, 0) is 0 Å². The summed E-state index contributed by atoms with van der Waals surface area (Å²) < 4.78 is 22.7. The lowest BCUT2D eigenvalue weighted by Crippen LogP contribution is -2.35. The number of carbonyl (C=O) groups is 1. The second-order valence-electron chi connectivity index (χ2n) is 8.15. The molecule has 0 radical (unpaired) electrons. The Morgan fingerprint density at radius 2 is 2.15 bits per heavy atom. The van der Waals surface area contributed by atoms with Crippen LogP contribution in [0.4, 0.5) is 10.1 Å². The summed E-state index contributed by atoms with van der Waals surface area (Å²) >= 11 is 0. The van der Waals surface area contributed by atoms with Gasteiger partial charge in [0.1, 0.15) is 17.9 Å². The summed E-state index contributed by atoms with van der Waals surface area (Å²) in [6, 6.07) is 0.811. The normalized spacial score (nSPS) is 23.5. The third-order valence-corrected chi connectivity index (χ3v) is 5.71. The molecule has 2 aliphatic rings. The highest BCUT2D eigenvalue weighted by Crippen LogP contribution is 2.44. The molecule has 8 heteroatoms. The predicted molar refractivity (Wildman–Crippen MR) is 99.3 cm³/mol. The van der Waals surface area contributed by atoms with Gasteiger partial charge in [-0.3, -0.25) is 4.79 Å². The van der Waals surface area contributed by atoms with Crippen molar-refractivity contribution in [2.45, 2.75) is 32.9 Å². The van der Waals surface area contributed by atoms with Crippen LogP contribution in [0.3, 0.4) is 0 Å². The molecule has 3 heterocycles. The summed E-state index contributed by atoms with van der Waals surface area (Å²) in [6.45, 7) is 7.19. The minimum Gasteiger partial charge on any atom is -0.487 e. The van der Waals surface area contributed by atoms with E-state index in [1.807, 2.05) is 25.7 Å². The molecule has 1 aromatic heterocycles. The molecule has 0 spiro atoms. The van der Waals surface area contributed by atoms with Crippen molar-refractivity contribution in [3.05, 3.63) is 33.9 Å². The van der Waals surface area contributed by atoms with Crippen molar-refractivity contribution >= 4 is 22.6 Å². The Bertz CT molecular complexity index is 1030. The van der Waals surface area contributed by atoms with Gasteiger partial charge < -0.3 is 25.0 Å². The molecular weight excluding hydrogens is 353 g/mol. The largest absolute Gasteiger partial charge is 0.487 e. The van der Waals surface area contributed by atoms with E-state index in [0.29, 0.717) is 18.6 Å². The molecule has 3 N–H and O–H groups in total. The lowest BCUT2D eigenvalue weighted by molar-refractivity contribution is 0.0694. The van der Waals surface area contributed by atoms with E-state index in [1.54, 1.807) is 4.57 Å². The molecule has 0 bridgehead atoms. The third kappa shape index (κ3) is 2.50. The summed E-state index contributed by atoms with van der Waals surface area (Å²) in [5, 5.41) is 9.36. The van der Waals surface area contributed by atoms with Crippen LogP contribution in [0.15, 0.2) is 17.1 Å². The minimum absolute atomic E-state index is 0.0143. The molecule has 1 unspecified atom stereocenters. The van der Waals surface area contributed by atoms with Gasteiger partial charge >= 0.3 is 5.97 Å². The quantitative estimate of drug-likeness (QED) is 0.833. The molecule has 1 fully saturated rings. The minimum atomic E-state index is -1.33. The molecule has 0 amide bonds. The smallest absolute Gasteiger partial charge is 0.341 e. The Kier molecular flexibility index (Phi) is 3.75. The number of nitrogens with two attached hydrogens (primary N) is 1. The van der Waals surface area contributed by atoms with E-state index < -0.39 is 17.2 Å². The van der Waals surface area contributed by atoms with Gasteiger partial charge in [0.15, 0.2) is 11.6 Å². The fraction of sp³-hybridized carbons (Fsp3) is 0.474. The van der Waals surface area contributed by atoms with Crippen molar-refractivity contribution in [3.63, 3.8) is 0 Å². The first-order chi connectivity index (χ1) is 12.6. The molecule has 1 aromatic carbocycles. The number of aromatic carboxylic acids is 1. The Hall–Kier alpha value is -2.61. The van der Waals surface area contributed by atoms with E-state index in [4.69, 9.17) is 10.5 Å². The average molecular weight is 375 g/mol. The zero-order valence-electron chi connectivity index (χ0n) is 15.5. The van der Waals surface area contributed by atoms with Crippen molar-refractivity contribution < 1.29 is 19.0 Å². The highest BCUT2D eigenvalue weighted by Gasteiger charge is 2.40. The maximum atomic E-state index is 15.1. The van der Waals surface area contributed by atoms with Gasteiger partial charge in [0.25, 0.3) is 0 Å². The second-order valence-corrected chi connectivity index (χ2v) is 8.15. The number of halogens is 1. The summed E-state index contributed by atoms with van der Waals surface area (Å²) in [5.74, 6) is -1.66. The fourth-order valence-corrected chi connectivity index (χ4v) is 3.99. The van der Waals surface area contributed by atoms with Crippen LogP contribution in [0.25, 0.3) is 10.9 Å². The van der Waals surface area contributed by atoms with Crippen molar-refractivity contribution in [1.82, 2.24) is 4.57 Å². The van der Waals surface area contributed by atoms with Crippen LogP contribution in [0, 0.1) is 11.2 Å². The number of nitrogens with zero attached hydrogens (tertiary/aromatic N) is 2. The molecule has 2 aromatic rings. The van der Waals surface area contributed by atoms with Crippen LogP contribution in [-0.4, -0.2) is 41.4 Å². The van der Waals surface area contributed by atoms with Crippen LogP contribution >= 0.6 is 0 Å². The molecule has 0 aliphatic carbocycles. The van der Waals surface area contributed by atoms with Gasteiger partial charge in [-0.25, -0.2) is 9.18 Å². The first kappa shape index (κ1) is 17.8. The Morgan fingerprint density at radius 1 is 1.44 bits per heavy atom. The molecule has 27 heavy (non-hydrogen) atoms. The molecule has 144 valence electrons. The number of carboxylic acid groups (broad SMARTS) is 1. The van der Waals surface area contributed by atoms with Gasteiger partial charge in [0.2, 0.25) is 5.43 Å². The topological polar surface area (TPSA) is 97.8 Å². The van der Waals surface area contributed by atoms with E-state index in [9.17, 15) is 14.7 Å². The predicted octanol–water partition coefficient (Wildman–Crippen LogP) is 1.97. The molecule has 2 aliphatic heterocycles. The number of rotatable bonds is 2. The number of hydrogen-bond acceptors (Lipinski definition) is 5. The van der Waals surface area contributed by atoms with Gasteiger partial charge in [0.05, 0.1) is 16.9 Å². The number of ether oxygens (including phenoxy) is 1. The van der Waals surface area contributed by atoms with Crippen LogP contribution in [0.1, 0.15) is 37.2 Å². The molecule has 4 rings (SSSR count). The average Bonchev–Trinajstić information content (AvgIpc) is 2.84. The van der Waals surface area contributed by atoms with Gasteiger partial charge in [-0.1, -0.05) is 13.8 Å². The van der Waals surface area contributed by atoms with E-state index in [0.717, 1.165) is 6.07 Å². The molecule has 7 nitrogen and oxygen atoms in total. The number of benzene rings is 1. The Labute approximate surface area is 155 Å². The summed E-state index contributed by atoms with van der Waals surface area (Å²) in [4.78, 5) is 25.9. The fourth-order valence-electron chi connectivity index (χ4n) is 3.99. The lowest BCUT2D eigenvalue weighted by Gasteiger charge is -2.31. The number of aromatic nitrogens is 1. The monoisotopic (exact) mass is 375 g/mol. The van der Waals surface area contributed by atoms with Gasteiger partial charge in [-0.15, -0.1) is 0 Å². The number of carboxylic acids is 1. The number of anilines is 1. The summed E-state index contributed by atoms with van der Waals surface area (Å²) in [7, 11) is 0. The Morgan fingerprint density at radius 3 is 2.74 bits per heavy atom. The number of hydrogen-bond donors (Lipinski definition) is 2. The lowest BCUT2D eigenvalue weighted by atomic mass is 9.89. The molecule has 0 saturated carbocycles. The van der Waals surface area contributed by atoms with Crippen LogP contribution < -0.4 is 20.8 Å². The maximum Gasteiger partial charge on any atom is 0.341 e. The van der Waals surface area contributed by atoms with E-state index in [2.05, 4.69) is 0 Å².